The summed E-state index contributed by atoms with van der Waals surface area (Å²) in [4.78, 5) is 52.7. The summed E-state index contributed by atoms with van der Waals surface area (Å²) in [6.07, 6.45) is 0. The maximum absolute atomic E-state index is 11.7. The fraction of sp³-hybridized carbons (Fsp3) is 0.333. The van der Waals surface area contributed by atoms with Gasteiger partial charge in [-0.2, -0.15) is 0 Å². The monoisotopic (exact) mass is 239 g/mol. The van der Waals surface area contributed by atoms with E-state index in [0.29, 0.717) is 9.30 Å². The van der Waals surface area contributed by atoms with Crippen molar-refractivity contribution in [3.63, 3.8) is 0 Å². The van der Waals surface area contributed by atoms with Crippen LogP contribution in [0.25, 0.3) is 0 Å². The molecule has 0 spiro atoms. The van der Waals surface area contributed by atoms with Crippen molar-refractivity contribution < 1.29 is 9.63 Å². The van der Waals surface area contributed by atoms with Crippen molar-refractivity contribution in [1.82, 2.24) is 14.3 Å². The summed E-state index contributed by atoms with van der Waals surface area (Å²) >= 11 is 0. The summed E-state index contributed by atoms with van der Waals surface area (Å²) in [6.45, 7) is 4.66. The van der Waals surface area contributed by atoms with E-state index in [-0.39, 0.29) is 12.2 Å². The van der Waals surface area contributed by atoms with Crippen LogP contribution in [0.2, 0.25) is 0 Å². The number of H-pyrrole nitrogens is 1. The normalized spacial score (nSPS) is 17.4. The number of hydrogen-bond donors (Lipinski definition) is 1. The highest BCUT2D eigenvalue weighted by molar-refractivity contribution is 5.97. The fourth-order valence-corrected chi connectivity index (χ4v) is 1.56. The van der Waals surface area contributed by atoms with Gasteiger partial charge < -0.3 is 4.84 Å². The molecule has 0 fully saturated rings. The van der Waals surface area contributed by atoms with Gasteiger partial charge in [0.05, 0.1) is 0 Å². The van der Waals surface area contributed by atoms with Crippen LogP contribution in [-0.2, 0) is 4.79 Å². The van der Waals surface area contributed by atoms with Gasteiger partial charge in [0.2, 0.25) is 0 Å². The summed E-state index contributed by atoms with van der Waals surface area (Å²) < 4.78 is 1.06. The van der Waals surface area contributed by atoms with Crippen molar-refractivity contribution >= 4 is 5.78 Å². The van der Waals surface area contributed by atoms with E-state index in [1.54, 1.807) is 0 Å². The smallest absolute Gasteiger partial charge is 0.370 e. The van der Waals surface area contributed by atoms with Crippen LogP contribution >= 0.6 is 0 Å². The number of hydrogen-bond acceptors (Lipinski definition) is 5. The summed E-state index contributed by atoms with van der Waals surface area (Å²) in [5, 5.41) is 0. The molecular weight excluding hydrogens is 230 g/mol. The van der Waals surface area contributed by atoms with Crippen LogP contribution in [0.1, 0.15) is 13.0 Å². The van der Waals surface area contributed by atoms with Gasteiger partial charge in [-0.05, 0) is 12.5 Å². The van der Waals surface area contributed by atoms with Gasteiger partial charge in [-0.15, -0.1) is 0 Å². The SMILES string of the molecule is C=C(C)C(=O)C1COn2c(=O)[nH]c(=O)n1c2=O. The van der Waals surface area contributed by atoms with Gasteiger partial charge in [0.1, 0.15) is 12.6 Å². The molecule has 0 radical (unpaired) electrons. The van der Waals surface area contributed by atoms with Crippen LogP contribution in [0.15, 0.2) is 26.5 Å². The third-order valence-corrected chi connectivity index (χ3v) is 2.39. The number of aromatic amines is 1. The van der Waals surface area contributed by atoms with Crippen LogP contribution in [-0.4, -0.2) is 26.7 Å². The molecule has 2 heterocycles. The molecule has 1 aromatic heterocycles. The summed E-state index contributed by atoms with van der Waals surface area (Å²) in [6, 6.07) is -1.08. The molecule has 0 aromatic carbocycles. The van der Waals surface area contributed by atoms with Crippen molar-refractivity contribution in [2.24, 2.45) is 0 Å². The molecule has 1 aliphatic heterocycles. The first-order chi connectivity index (χ1) is 7.93. The molecule has 0 saturated heterocycles. The lowest BCUT2D eigenvalue weighted by molar-refractivity contribution is -0.122. The highest BCUT2D eigenvalue weighted by Gasteiger charge is 2.31. The lowest BCUT2D eigenvalue weighted by Gasteiger charge is -2.23. The van der Waals surface area contributed by atoms with Gasteiger partial charge in [0.25, 0.3) is 0 Å². The van der Waals surface area contributed by atoms with Crippen molar-refractivity contribution in [3.05, 3.63) is 43.6 Å². The van der Waals surface area contributed by atoms with Crippen molar-refractivity contribution in [2.75, 3.05) is 6.61 Å². The molecular formula is C9H9N3O5. The number of allylic oxidation sites excluding steroid dienone is 1. The molecule has 17 heavy (non-hydrogen) atoms. The lowest BCUT2D eigenvalue weighted by Crippen LogP contribution is -2.59. The van der Waals surface area contributed by atoms with Gasteiger partial charge in [-0.25, -0.2) is 19.0 Å². The molecule has 1 atom stereocenters. The van der Waals surface area contributed by atoms with Gasteiger partial charge in [-0.1, -0.05) is 11.3 Å². The maximum atomic E-state index is 11.7. The predicted octanol–water partition coefficient (Wildman–Crippen LogP) is -2.17. The van der Waals surface area contributed by atoms with Crippen LogP contribution in [0.5, 0.6) is 0 Å². The Labute approximate surface area is 93.7 Å². The highest BCUT2D eigenvalue weighted by atomic mass is 16.7. The number of Topliss-reactive ketones (excluding diaryl/α,β-unsaturated/α-hetero) is 1. The molecule has 1 N–H and O–H groups in total. The maximum Gasteiger partial charge on any atom is 0.370 e. The molecule has 8 heteroatoms. The zero-order chi connectivity index (χ0) is 12.7. The Kier molecular flexibility index (Phi) is 2.34. The third-order valence-electron chi connectivity index (χ3n) is 2.39. The van der Waals surface area contributed by atoms with Crippen molar-refractivity contribution in [3.8, 4) is 0 Å². The van der Waals surface area contributed by atoms with E-state index < -0.39 is 28.9 Å². The van der Waals surface area contributed by atoms with Crippen LogP contribution < -0.4 is 21.9 Å². The predicted molar refractivity (Wildman–Crippen MR) is 55.9 cm³/mol. The number of carbonyl (C=O) groups is 1. The summed E-state index contributed by atoms with van der Waals surface area (Å²) in [5.41, 5.74) is -2.66. The van der Waals surface area contributed by atoms with E-state index in [1.807, 2.05) is 4.98 Å². The minimum atomic E-state index is -1.08. The van der Waals surface area contributed by atoms with Crippen molar-refractivity contribution in [2.45, 2.75) is 13.0 Å². The highest BCUT2D eigenvalue weighted by Crippen LogP contribution is 2.09. The lowest BCUT2D eigenvalue weighted by atomic mass is 10.1. The quantitative estimate of drug-likeness (QED) is 0.591. The number of carbonyl (C=O) groups excluding carboxylic acids is 1. The standard InChI is InChI=1S/C9H9N3O5/c1-4(2)6(13)5-3-17-12-8(15)10-7(14)11(5)9(12)16/h5H,1,3H2,2H3,(H,10,14,15). The first-order valence-corrected chi connectivity index (χ1v) is 4.74. The van der Waals surface area contributed by atoms with E-state index in [4.69, 9.17) is 4.84 Å². The Morgan fingerprint density at radius 3 is 2.65 bits per heavy atom. The Morgan fingerprint density at radius 1 is 1.41 bits per heavy atom. The first-order valence-electron chi connectivity index (χ1n) is 4.74. The van der Waals surface area contributed by atoms with Crippen LogP contribution in [0.3, 0.4) is 0 Å². The Balaban J connectivity index is 2.71. The van der Waals surface area contributed by atoms with E-state index in [2.05, 4.69) is 6.58 Å². The van der Waals surface area contributed by atoms with E-state index in [1.165, 1.54) is 6.92 Å². The molecule has 0 aliphatic carbocycles. The number of fused-ring (bicyclic) bond motifs is 2. The fourth-order valence-electron chi connectivity index (χ4n) is 1.56. The molecule has 2 rings (SSSR count). The number of ketones is 1. The topological polar surface area (TPSA) is 103 Å². The zero-order valence-electron chi connectivity index (χ0n) is 8.93. The second kappa shape index (κ2) is 3.58. The first kappa shape index (κ1) is 11.1. The summed E-state index contributed by atoms with van der Waals surface area (Å²) in [7, 11) is 0. The van der Waals surface area contributed by atoms with Gasteiger partial charge in [-0.3, -0.25) is 9.78 Å². The molecule has 90 valence electrons. The summed E-state index contributed by atoms with van der Waals surface area (Å²) in [5.74, 6) is -0.484. The molecule has 2 bridgehead atoms. The molecule has 0 amide bonds. The average molecular weight is 239 g/mol. The second-order valence-electron chi connectivity index (χ2n) is 3.64. The van der Waals surface area contributed by atoms with Gasteiger partial charge in [0, 0.05) is 0 Å². The second-order valence-corrected chi connectivity index (χ2v) is 3.64. The Bertz CT molecular complexity index is 677. The molecule has 1 unspecified atom stereocenters. The van der Waals surface area contributed by atoms with Gasteiger partial charge >= 0.3 is 17.1 Å². The number of nitrogens with one attached hydrogen (secondary N) is 1. The van der Waals surface area contributed by atoms with Crippen molar-refractivity contribution in [1.29, 1.82) is 0 Å². The largest absolute Gasteiger partial charge is 0.402 e. The minimum Gasteiger partial charge on any atom is -0.402 e. The number of rotatable bonds is 2. The molecule has 8 nitrogen and oxygen atoms in total. The van der Waals surface area contributed by atoms with Crippen LogP contribution in [0, 0.1) is 0 Å². The minimum absolute atomic E-state index is 0.199. The van der Waals surface area contributed by atoms with E-state index >= 15 is 0 Å². The van der Waals surface area contributed by atoms with Crippen LogP contribution in [0.4, 0.5) is 0 Å². The molecule has 1 aliphatic rings. The van der Waals surface area contributed by atoms with E-state index in [9.17, 15) is 19.2 Å². The number of nitrogens with zero attached hydrogens (tertiary/aromatic N) is 2. The third kappa shape index (κ3) is 1.53. The number of aromatic nitrogens is 3. The zero-order valence-corrected chi connectivity index (χ0v) is 8.93. The van der Waals surface area contributed by atoms with Gasteiger partial charge in [0.15, 0.2) is 5.78 Å². The Hall–Kier alpha value is -2.38. The molecule has 0 saturated carbocycles. The average Bonchev–Trinajstić information content (AvgIpc) is 2.24. The van der Waals surface area contributed by atoms with E-state index in [0.717, 1.165) is 0 Å². The Morgan fingerprint density at radius 2 is 2.06 bits per heavy atom. The molecule has 1 aromatic rings.